The minimum Gasteiger partial charge on any atom is -0.507 e. The molecule has 48 heavy (non-hydrogen) atoms. The number of phenols is 1. The Morgan fingerprint density at radius 1 is 0.958 bits per heavy atom. The summed E-state index contributed by atoms with van der Waals surface area (Å²) in [4.78, 5) is 64.3. The Balaban J connectivity index is 1.98. The molecule has 0 radical (unpaired) electrons. The smallest absolute Gasteiger partial charge is 0.303 e. The van der Waals surface area contributed by atoms with Crippen LogP contribution in [0.4, 0.5) is 5.69 Å². The number of aliphatic hydroxyl groups excluding tert-OH is 2. The van der Waals surface area contributed by atoms with Crippen molar-refractivity contribution in [3.8, 4) is 11.5 Å². The summed E-state index contributed by atoms with van der Waals surface area (Å²) in [5.74, 6) is -2.96. The van der Waals surface area contributed by atoms with E-state index in [9.17, 15) is 44.4 Å². The zero-order valence-corrected chi connectivity index (χ0v) is 26.5. The van der Waals surface area contributed by atoms with E-state index in [0.717, 1.165) is 0 Å². The zero-order valence-electron chi connectivity index (χ0n) is 26.5. The fourth-order valence-corrected chi connectivity index (χ4v) is 7.56. The number of aliphatic hydroxyl groups is 2. The van der Waals surface area contributed by atoms with Gasteiger partial charge in [0.2, 0.25) is 5.43 Å². The number of aromatic hydroxyl groups is 1. The van der Waals surface area contributed by atoms with Crippen LogP contribution < -0.4 is 20.9 Å². The average molecular weight is 656 g/mol. The van der Waals surface area contributed by atoms with Crippen LogP contribution in [0.25, 0.3) is 49.2 Å². The third-order valence-corrected chi connectivity index (χ3v) is 9.32. The lowest BCUT2D eigenvalue weighted by atomic mass is 9.78. The van der Waals surface area contributed by atoms with Gasteiger partial charge in [0.05, 0.1) is 43.6 Å². The van der Waals surface area contributed by atoms with Crippen molar-refractivity contribution in [3.63, 3.8) is 0 Å². The topological polar surface area (TPSA) is 197 Å². The zero-order chi connectivity index (χ0) is 34.6. The van der Waals surface area contributed by atoms with Crippen LogP contribution in [0.2, 0.25) is 0 Å². The first-order chi connectivity index (χ1) is 23.0. The Bertz CT molecular complexity index is 2330. The number of hydrogen-bond acceptors (Lipinski definition) is 11. The molecule has 0 fully saturated rings. The summed E-state index contributed by atoms with van der Waals surface area (Å²) in [5, 5.41) is 48.1. The van der Waals surface area contributed by atoms with Crippen LogP contribution in [0.3, 0.4) is 0 Å². The summed E-state index contributed by atoms with van der Waals surface area (Å²) in [6.07, 6.45) is 1.55. The summed E-state index contributed by atoms with van der Waals surface area (Å²) >= 11 is 0. The van der Waals surface area contributed by atoms with E-state index >= 15 is 0 Å². The van der Waals surface area contributed by atoms with E-state index in [1.165, 1.54) is 20.1 Å². The van der Waals surface area contributed by atoms with E-state index in [4.69, 9.17) is 9.47 Å². The Morgan fingerprint density at radius 3 is 2.23 bits per heavy atom. The monoisotopic (exact) mass is 655 g/mol. The van der Waals surface area contributed by atoms with Crippen LogP contribution in [0.1, 0.15) is 60.4 Å². The van der Waals surface area contributed by atoms with E-state index in [1.807, 2.05) is 0 Å². The molecule has 0 aromatic heterocycles. The van der Waals surface area contributed by atoms with Crippen molar-refractivity contribution < 1.29 is 44.3 Å². The number of ketones is 1. The number of Topliss-reactive ketones (excluding diaryl/α,β-unsaturated/α-hetero) is 1. The summed E-state index contributed by atoms with van der Waals surface area (Å²) in [6, 6.07) is 2.79. The minimum absolute atomic E-state index is 0.106. The maximum Gasteiger partial charge on any atom is 0.303 e. The highest BCUT2D eigenvalue weighted by Crippen LogP contribution is 2.54. The molecule has 1 unspecified atom stereocenters. The van der Waals surface area contributed by atoms with Gasteiger partial charge in [-0.3, -0.25) is 24.0 Å². The van der Waals surface area contributed by atoms with Crippen molar-refractivity contribution >= 4 is 73.1 Å². The Hall–Kier alpha value is -5.33. The molecule has 12 heteroatoms. The Kier molecular flexibility index (Phi) is 8.40. The van der Waals surface area contributed by atoms with Crippen molar-refractivity contribution in [2.24, 2.45) is 0 Å². The molecule has 0 saturated carbocycles. The quantitative estimate of drug-likeness (QED) is 0.0535. The number of benzene rings is 5. The van der Waals surface area contributed by atoms with E-state index in [2.05, 4.69) is 5.32 Å². The van der Waals surface area contributed by atoms with Gasteiger partial charge in [-0.2, -0.15) is 0 Å². The number of carboxylic acid groups (broad SMARTS) is 1. The lowest BCUT2D eigenvalue weighted by Crippen LogP contribution is -2.19. The molecule has 0 bridgehead atoms. The van der Waals surface area contributed by atoms with Crippen molar-refractivity contribution in [3.05, 3.63) is 66.0 Å². The fraction of sp³-hybridized carbons (Fsp3) is 0.306. The summed E-state index contributed by atoms with van der Waals surface area (Å²) < 4.78 is 10.6. The molecule has 5 aromatic carbocycles. The number of nitrogens with one attached hydrogen (secondary N) is 1. The molecule has 0 aliphatic heterocycles. The second-order valence-corrected chi connectivity index (χ2v) is 12.0. The lowest BCUT2D eigenvalue weighted by molar-refractivity contribution is -0.137. The lowest BCUT2D eigenvalue weighted by Gasteiger charge is -2.26. The van der Waals surface area contributed by atoms with Gasteiger partial charge >= 0.3 is 5.97 Å². The molecular weight excluding hydrogens is 622 g/mol. The normalized spacial score (nSPS) is 14.2. The highest BCUT2D eigenvalue weighted by Gasteiger charge is 2.36. The van der Waals surface area contributed by atoms with E-state index in [1.54, 1.807) is 19.1 Å². The second-order valence-electron chi connectivity index (χ2n) is 12.0. The predicted octanol–water partition coefficient (Wildman–Crippen LogP) is 3.68. The summed E-state index contributed by atoms with van der Waals surface area (Å²) in [5.41, 5.74) is 1.02. The number of carbonyl (C=O) groups is 3. The number of phenolic OH excluding ortho intramolecular Hbond substituents is 1. The first kappa shape index (κ1) is 32.6. The average Bonchev–Trinajstić information content (AvgIpc) is 3.18. The van der Waals surface area contributed by atoms with E-state index in [-0.39, 0.29) is 70.4 Å². The SMILES string of the molecule is COc1c2c3c4c(c(CCC(=O)O)c(O)c5c(=O)cc(CO)c(c6c(CO)cc(NCCCOC=O)c(c1=O)c63)c54)C=C(C)C2C(C)=O. The minimum atomic E-state index is -1.13. The van der Waals surface area contributed by atoms with Crippen LogP contribution in [0.5, 0.6) is 11.5 Å². The number of methoxy groups -OCH3 is 1. The third-order valence-electron chi connectivity index (χ3n) is 9.32. The number of aliphatic carboxylic acids is 1. The molecule has 248 valence electrons. The molecule has 0 saturated heterocycles. The third kappa shape index (κ3) is 4.70. The fourth-order valence-electron chi connectivity index (χ4n) is 7.56. The van der Waals surface area contributed by atoms with Gasteiger partial charge < -0.3 is 35.2 Å². The van der Waals surface area contributed by atoms with Crippen molar-refractivity contribution in [2.75, 3.05) is 25.6 Å². The number of allylic oxidation sites excluding steroid dienone is 1. The number of ether oxygens (including phenoxy) is 2. The summed E-state index contributed by atoms with van der Waals surface area (Å²) in [7, 11) is 1.32. The number of anilines is 1. The Morgan fingerprint density at radius 2 is 1.62 bits per heavy atom. The molecule has 12 nitrogen and oxygen atoms in total. The number of rotatable bonds is 13. The molecule has 0 spiro atoms. The number of carboxylic acids is 1. The van der Waals surface area contributed by atoms with Crippen LogP contribution in [0.15, 0.2) is 27.3 Å². The van der Waals surface area contributed by atoms with Crippen molar-refractivity contribution in [1.82, 2.24) is 0 Å². The maximum atomic E-state index is 14.6. The first-order valence-corrected chi connectivity index (χ1v) is 15.4. The van der Waals surface area contributed by atoms with Gasteiger partial charge in [0, 0.05) is 40.6 Å². The molecule has 1 aliphatic carbocycles. The van der Waals surface area contributed by atoms with Gasteiger partial charge in [-0.1, -0.05) is 11.6 Å². The van der Waals surface area contributed by atoms with Gasteiger partial charge in [-0.25, -0.2) is 0 Å². The molecule has 0 amide bonds. The standard InChI is InChI=1S/C36H33NO11/c1-15-9-20-19(5-6-23(43)44)34(45)29-22(42)11-18(13-39)26-25-17(12-38)10-21(37-7-4-8-48-14-40)28-31(25)32(27(20)30(26)29)33(24(15)16(2)41)36(47-3)35(28)46/h9-11,14,24,37-39,45H,4-8,12-13H2,1-3H3,(H,43,44). The van der Waals surface area contributed by atoms with Gasteiger partial charge in [0.15, 0.2) is 11.2 Å². The molecule has 5 aromatic rings. The van der Waals surface area contributed by atoms with Crippen LogP contribution in [-0.2, 0) is 38.8 Å². The second kappa shape index (κ2) is 12.4. The number of hydrogen-bond donors (Lipinski definition) is 5. The van der Waals surface area contributed by atoms with Crippen LogP contribution >= 0.6 is 0 Å². The molecule has 6 rings (SSSR count). The van der Waals surface area contributed by atoms with E-state index in [0.29, 0.717) is 62.2 Å². The predicted molar refractivity (Wildman–Crippen MR) is 180 cm³/mol. The first-order valence-electron chi connectivity index (χ1n) is 15.4. The van der Waals surface area contributed by atoms with Gasteiger partial charge in [0.25, 0.3) is 6.47 Å². The van der Waals surface area contributed by atoms with Gasteiger partial charge in [-0.05, 0) is 77.1 Å². The van der Waals surface area contributed by atoms with Crippen molar-refractivity contribution in [2.45, 2.75) is 52.2 Å². The number of fused-ring (bicyclic) bond motifs is 1. The highest BCUT2D eigenvalue weighted by atomic mass is 16.5. The van der Waals surface area contributed by atoms with Crippen LogP contribution in [0, 0.1) is 0 Å². The molecular formula is C36H33NO11. The Labute approximate surface area is 272 Å². The molecule has 1 aliphatic rings. The molecule has 0 heterocycles. The molecule has 5 N–H and O–H groups in total. The van der Waals surface area contributed by atoms with Crippen molar-refractivity contribution in [1.29, 1.82) is 0 Å². The highest BCUT2D eigenvalue weighted by molar-refractivity contribution is 6.39. The number of carbonyl (C=O) groups excluding carboxylic acids is 2. The molecule has 1 atom stereocenters. The van der Waals surface area contributed by atoms with Gasteiger partial charge in [-0.15, -0.1) is 0 Å². The van der Waals surface area contributed by atoms with Gasteiger partial charge in [0.1, 0.15) is 11.5 Å². The van der Waals surface area contributed by atoms with Crippen LogP contribution in [-0.4, -0.2) is 58.9 Å². The van der Waals surface area contributed by atoms with E-state index < -0.39 is 41.7 Å². The summed E-state index contributed by atoms with van der Waals surface area (Å²) in [6.45, 7) is 2.69. The largest absolute Gasteiger partial charge is 0.507 e. The maximum absolute atomic E-state index is 14.6.